The van der Waals surface area contributed by atoms with E-state index in [0.29, 0.717) is 28.0 Å². The Morgan fingerprint density at radius 2 is 1.93 bits per heavy atom. The molecule has 5 nitrogen and oxygen atoms in total. The topological polar surface area (TPSA) is 63.8 Å². The summed E-state index contributed by atoms with van der Waals surface area (Å²) >= 11 is 4.35. The first-order chi connectivity index (χ1) is 14.0. The van der Waals surface area contributed by atoms with Gasteiger partial charge in [-0.25, -0.2) is 4.98 Å². The van der Waals surface area contributed by atoms with E-state index in [1.54, 1.807) is 6.26 Å². The van der Waals surface area contributed by atoms with Gasteiger partial charge in [0.2, 0.25) is 5.13 Å². The van der Waals surface area contributed by atoms with E-state index in [2.05, 4.69) is 20.5 Å². The number of benzene rings is 1. The smallest absolute Gasteiger partial charge is 0.416 e. The van der Waals surface area contributed by atoms with Crippen LogP contribution in [0.5, 0.6) is 0 Å². The van der Waals surface area contributed by atoms with Gasteiger partial charge >= 0.3 is 6.18 Å². The fourth-order valence-electron chi connectivity index (χ4n) is 2.36. The van der Waals surface area contributed by atoms with Gasteiger partial charge in [-0.15, -0.1) is 21.5 Å². The molecule has 0 amide bonds. The number of nitrogens with one attached hydrogen (secondary N) is 1. The van der Waals surface area contributed by atoms with Gasteiger partial charge in [-0.05, 0) is 24.3 Å². The molecule has 0 aliphatic heterocycles. The van der Waals surface area contributed by atoms with Gasteiger partial charge in [0.1, 0.15) is 10.8 Å². The lowest BCUT2D eigenvalue weighted by atomic mass is 10.1. The third kappa shape index (κ3) is 5.17. The number of aromatic nitrogens is 3. The summed E-state index contributed by atoms with van der Waals surface area (Å²) in [5.41, 5.74) is 0.844. The molecular formula is C18H13F3N4OS3. The highest BCUT2D eigenvalue weighted by molar-refractivity contribution is 8.00. The van der Waals surface area contributed by atoms with Gasteiger partial charge in [0.15, 0.2) is 4.34 Å². The molecular weight excluding hydrogens is 441 g/mol. The molecule has 29 heavy (non-hydrogen) atoms. The maximum absolute atomic E-state index is 12.7. The number of hydrogen-bond donors (Lipinski definition) is 1. The van der Waals surface area contributed by atoms with E-state index in [9.17, 15) is 13.2 Å². The lowest BCUT2D eigenvalue weighted by Crippen LogP contribution is -2.03. The van der Waals surface area contributed by atoms with Crippen LogP contribution in [0.4, 0.5) is 18.3 Å². The third-order valence-electron chi connectivity index (χ3n) is 3.75. The monoisotopic (exact) mass is 454 g/mol. The van der Waals surface area contributed by atoms with Gasteiger partial charge in [-0.1, -0.05) is 35.2 Å². The molecule has 4 rings (SSSR count). The van der Waals surface area contributed by atoms with Crippen molar-refractivity contribution in [3.63, 3.8) is 0 Å². The van der Waals surface area contributed by atoms with E-state index in [1.165, 1.54) is 46.6 Å². The van der Waals surface area contributed by atoms with Crippen molar-refractivity contribution in [2.45, 2.75) is 22.8 Å². The molecule has 0 radical (unpaired) electrons. The van der Waals surface area contributed by atoms with E-state index in [1.807, 2.05) is 17.5 Å². The van der Waals surface area contributed by atoms with Crippen molar-refractivity contribution in [2.24, 2.45) is 0 Å². The zero-order valence-electron chi connectivity index (χ0n) is 14.6. The Morgan fingerprint density at radius 1 is 1.10 bits per heavy atom. The summed E-state index contributed by atoms with van der Waals surface area (Å²) in [6.45, 7) is 0.537. The quantitative estimate of drug-likeness (QED) is 0.337. The average Bonchev–Trinajstić information content (AvgIpc) is 3.46. The number of thioether (sulfide) groups is 1. The van der Waals surface area contributed by atoms with Crippen LogP contribution in [-0.2, 0) is 18.5 Å². The Balaban J connectivity index is 1.33. The molecule has 0 aliphatic carbocycles. The normalized spacial score (nSPS) is 11.7. The molecule has 0 spiro atoms. The van der Waals surface area contributed by atoms with Crippen molar-refractivity contribution >= 4 is 39.6 Å². The lowest BCUT2D eigenvalue weighted by Gasteiger charge is -2.06. The van der Waals surface area contributed by atoms with E-state index in [-0.39, 0.29) is 0 Å². The molecule has 0 bridgehead atoms. The number of hydrogen-bond acceptors (Lipinski definition) is 8. The molecule has 1 N–H and O–H groups in total. The van der Waals surface area contributed by atoms with Crippen molar-refractivity contribution in [3.05, 3.63) is 65.1 Å². The van der Waals surface area contributed by atoms with Crippen LogP contribution in [-0.4, -0.2) is 15.2 Å². The van der Waals surface area contributed by atoms with Crippen molar-refractivity contribution in [2.75, 3.05) is 5.32 Å². The van der Waals surface area contributed by atoms with Crippen molar-refractivity contribution < 1.29 is 17.6 Å². The van der Waals surface area contributed by atoms with Crippen molar-refractivity contribution in [1.82, 2.24) is 15.2 Å². The second kappa shape index (κ2) is 8.56. The number of alkyl halides is 3. The zero-order chi connectivity index (χ0) is 20.3. The number of nitrogens with zero attached hydrogens (tertiary/aromatic N) is 3. The first-order valence-corrected chi connectivity index (χ1v) is 11.0. The number of halogens is 3. The van der Waals surface area contributed by atoms with E-state index < -0.39 is 11.7 Å². The third-order valence-corrected chi connectivity index (χ3v) is 6.74. The Bertz CT molecular complexity index is 1060. The van der Waals surface area contributed by atoms with Gasteiger partial charge in [-0.2, -0.15) is 13.2 Å². The predicted molar refractivity (Wildman–Crippen MR) is 108 cm³/mol. The minimum atomic E-state index is -4.34. The minimum absolute atomic E-state index is 0.537. The summed E-state index contributed by atoms with van der Waals surface area (Å²) < 4.78 is 44.1. The first kappa shape index (κ1) is 19.9. The van der Waals surface area contributed by atoms with E-state index >= 15 is 0 Å². The summed E-state index contributed by atoms with van der Waals surface area (Å²) in [5.74, 6) is 1.41. The number of thiazole rings is 1. The van der Waals surface area contributed by atoms with Gasteiger partial charge in [0.25, 0.3) is 0 Å². The summed E-state index contributed by atoms with van der Waals surface area (Å²) in [5, 5.41) is 14.7. The summed E-state index contributed by atoms with van der Waals surface area (Å²) in [7, 11) is 0. The molecule has 150 valence electrons. The van der Waals surface area contributed by atoms with Crippen molar-refractivity contribution in [3.8, 4) is 10.6 Å². The molecule has 11 heteroatoms. The molecule has 0 unspecified atom stereocenters. The molecule has 0 saturated carbocycles. The Kier molecular flexibility index (Phi) is 5.88. The average molecular weight is 455 g/mol. The van der Waals surface area contributed by atoms with Crippen molar-refractivity contribution in [1.29, 1.82) is 0 Å². The second-order valence-corrected chi connectivity index (χ2v) is 8.87. The lowest BCUT2D eigenvalue weighted by molar-refractivity contribution is -0.137. The fourth-order valence-corrected chi connectivity index (χ4v) is 4.93. The molecule has 0 saturated heterocycles. The molecule has 3 heterocycles. The maximum atomic E-state index is 12.7. The SMILES string of the molecule is FC(F)(F)c1ccc(-c2nc(CSc3nnc(NCc4ccco4)s3)cs2)cc1. The molecule has 3 aromatic heterocycles. The Hall–Kier alpha value is -2.37. The highest BCUT2D eigenvalue weighted by Gasteiger charge is 2.30. The molecule has 0 fully saturated rings. The number of furan rings is 1. The molecule has 1 aromatic carbocycles. The van der Waals surface area contributed by atoms with Crippen LogP contribution in [0.1, 0.15) is 17.0 Å². The van der Waals surface area contributed by atoms with Gasteiger partial charge in [0, 0.05) is 16.7 Å². The van der Waals surface area contributed by atoms with Gasteiger partial charge in [0.05, 0.1) is 24.1 Å². The van der Waals surface area contributed by atoms with E-state index in [0.717, 1.165) is 27.9 Å². The number of anilines is 1. The van der Waals surface area contributed by atoms with Crippen LogP contribution >= 0.6 is 34.4 Å². The largest absolute Gasteiger partial charge is 0.467 e. The summed E-state index contributed by atoms with van der Waals surface area (Å²) in [6.07, 6.45) is -2.72. The maximum Gasteiger partial charge on any atom is 0.416 e. The zero-order valence-corrected chi connectivity index (χ0v) is 17.1. The van der Waals surface area contributed by atoms with Gasteiger partial charge in [-0.3, -0.25) is 0 Å². The van der Waals surface area contributed by atoms with Crippen LogP contribution in [0.15, 0.2) is 56.8 Å². The predicted octanol–water partition coefficient (Wildman–Crippen LogP) is 6.18. The highest BCUT2D eigenvalue weighted by atomic mass is 32.2. The highest BCUT2D eigenvalue weighted by Crippen LogP contribution is 2.33. The molecule has 4 aromatic rings. The Morgan fingerprint density at radius 3 is 2.66 bits per heavy atom. The Labute approximate surface area is 176 Å². The van der Waals surface area contributed by atoms with Crippen LogP contribution in [0.2, 0.25) is 0 Å². The fraction of sp³-hybridized carbons (Fsp3) is 0.167. The van der Waals surface area contributed by atoms with Crippen LogP contribution in [0.25, 0.3) is 10.6 Å². The minimum Gasteiger partial charge on any atom is -0.467 e. The van der Waals surface area contributed by atoms with Crippen LogP contribution < -0.4 is 5.32 Å². The molecule has 0 atom stereocenters. The standard InChI is InChI=1S/C18H13F3N4OS3/c19-18(20,21)12-5-3-11(4-6-12)15-23-13(9-27-15)10-28-17-25-24-16(29-17)22-8-14-2-1-7-26-14/h1-7,9H,8,10H2,(H,22,24). The van der Waals surface area contributed by atoms with Crippen LogP contribution in [0.3, 0.4) is 0 Å². The number of rotatable bonds is 7. The van der Waals surface area contributed by atoms with E-state index in [4.69, 9.17) is 4.42 Å². The van der Waals surface area contributed by atoms with Crippen LogP contribution in [0, 0.1) is 0 Å². The first-order valence-electron chi connectivity index (χ1n) is 8.32. The molecule has 0 aliphatic rings. The second-order valence-electron chi connectivity index (χ2n) is 5.81. The van der Waals surface area contributed by atoms with Gasteiger partial charge < -0.3 is 9.73 Å². The summed E-state index contributed by atoms with van der Waals surface area (Å²) in [4.78, 5) is 4.51. The summed E-state index contributed by atoms with van der Waals surface area (Å²) in [6, 6.07) is 8.74.